The summed E-state index contributed by atoms with van der Waals surface area (Å²) in [5, 5.41) is 13.7. The highest BCUT2D eigenvalue weighted by molar-refractivity contribution is 6.10. The number of pyridine rings is 1. The van der Waals surface area contributed by atoms with Crippen LogP contribution in [-0.2, 0) is 13.1 Å². The van der Waals surface area contributed by atoms with Gasteiger partial charge in [-0.25, -0.2) is 0 Å². The summed E-state index contributed by atoms with van der Waals surface area (Å²) in [4.78, 5) is 16.6. The summed E-state index contributed by atoms with van der Waals surface area (Å²) in [6.07, 6.45) is 3.21. The molecular formula is C15H13N5O. The van der Waals surface area contributed by atoms with Crippen molar-refractivity contribution < 1.29 is 4.79 Å². The van der Waals surface area contributed by atoms with Crippen LogP contribution in [0, 0.1) is 0 Å². The third kappa shape index (κ3) is 2.05. The average Bonchev–Trinajstić information content (AvgIpc) is 3.14. The topological polar surface area (TPSA) is 82.7 Å². The monoisotopic (exact) mass is 279 g/mol. The van der Waals surface area contributed by atoms with Gasteiger partial charge in [0.1, 0.15) is 5.69 Å². The lowest BCUT2D eigenvalue weighted by Gasteiger charge is -2.07. The number of nitrogens with zero attached hydrogens (tertiary/aromatic N) is 2. The highest BCUT2D eigenvalue weighted by Crippen LogP contribution is 2.21. The molecule has 2 aromatic heterocycles. The maximum atomic E-state index is 12.4. The van der Waals surface area contributed by atoms with Crippen LogP contribution in [0.4, 0.5) is 5.69 Å². The van der Waals surface area contributed by atoms with E-state index in [0.29, 0.717) is 5.69 Å². The Morgan fingerprint density at radius 3 is 3.05 bits per heavy atom. The van der Waals surface area contributed by atoms with Gasteiger partial charge in [0, 0.05) is 25.0 Å². The van der Waals surface area contributed by atoms with Gasteiger partial charge in [-0.1, -0.05) is 6.07 Å². The third-order valence-electron chi connectivity index (χ3n) is 3.68. The van der Waals surface area contributed by atoms with Crippen molar-refractivity contribution in [2.24, 2.45) is 0 Å². The van der Waals surface area contributed by atoms with E-state index in [0.717, 1.165) is 29.7 Å². The molecule has 3 heterocycles. The van der Waals surface area contributed by atoms with Crippen LogP contribution in [0.5, 0.6) is 0 Å². The molecule has 0 fully saturated rings. The van der Waals surface area contributed by atoms with E-state index in [-0.39, 0.29) is 5.91 Å². The summed E-state index contributed by atoms with van der Waals surface area (Å²) < 4.78 is 0. The molecule has 0 saturated carbocycles. The molecule has 1 aromatic carbocycles. The highest BCUT2D eigenvalue weighted by atomic mass is 16.1. The summed E-state index contributed by atoms with van der Waals surface area (Å²) in [5.74, 6) is -0.229. The second-order valence-electron chi connectivity index (χ2n) is 5.03. The van der Waals surface area contributed by atoms with Crippen LogP contribution >= 0.6 is 0 Å². The minimum absolute atomic E-state index is 0.229. The predicted octanol–water partition coefficient (Wildman–Crippen LogP) is 1.81. The Labute approximate surface area is 120 Å². The van der Waals surface area contributed by atoms with Crippen molar-refractivity contribution in [3.05, 3.63) is 53.5 Å². The molecule has 0 bridgehead atoms. The second kappa shape index (κ2) is 4.68. The summed E-state index contributed by atoms with van der Waals surface area (Å²) in [7, 11) is 0. The fourth-order valence-corrected chi connectivity index (χ4v) is 2.61. The minimum atomic E-state index is -0.229. The number of amides is 1. The van der Waals surface area contributed by atoms with Crippen molar-refractivity contribution in [2.75, 3.05) is 5.32 Å². The molecular weight excluding hydrogens is 266 g/mol. The predicted molar refractivity (Wildman–Crippen MR) is 78.8 cm³/mol. The van der Waals surface area contributed by atoms with E-state index >= 15 is 0 Å². The number of aromatic nitrogens is 3. The van der Waals surface area contributed by atoms with E-state index < -0.39 is 0 Å². The molecule has 0 atom stereocenters. The number of H-pyrrole nitrogens is 1. The Balaban J connectivity index is 1.65. The molecule has 1 aliphatic rings. The number of hydrogen-bond donors (Lipinski definition) is 3. The lowest BCUT2D eigenvalue weighted by atomic mass is 10.1. The van der Waals surface area contributed by atoms with Crippen LogP contribution in [0.2, 0.25) is 0 Å². The number of carbonyl (C=O) groups excluding carboxylic acids is 1. The van der Waals surface area contributed by atoms with Gasteiger partial charge >= 0.3 is 0 Å². The van der Waals surface area contributed by atoms with Crippen molar-refractivity contribution in [2.45, 2.75) is 13.1 Å². The Bertz CT molecular complexity index is 839. The molecule has 104 valence electrons. The summed E-state index contributed by atoms with van der Waals surface area (Å²) >= 11 is 0. The first-order valence-electron chi connectivity index (χ1n) is 6.73. The Kier molecular flexibility index (Phi) is 2.68. The summed E-state index contributed by atoms with van der Waals surface area (Å²) in [6.45, 7) is 1.73. The first-order chi connectivity index (χ1) is 10.3. The zero-order valence-electron chi connectivity index (χ0n) is 11.2. The molecule has 6 nitrogen and oxygen atoms in total. The smallest absolute Gasteiger partial charge is 0.275 e. The fraction of sp³-hybridized carbons (Fsp3) is 0.133. The van der Waals surface area contributed by atoms with Gasteiger partial charge in [-0.3, -0.25) is 14.9 Å². The van der Waals surface area contributed by atoms with Gasteiger partial charge in [0.2, 0.25) is 0 Å². The molecule has 6 heteroatoms. The molecule has 4 rings (SSSR count). The van der Waals surface area contributed by atoms with Crippen molar-refractivity contribution in [1.29, 1.82) is 0 Å². The van der Waals surface area contributed by atoms with Crippen LogP contribution in [0.1, 0.15) is 21.6 Å². The number of anilines is 1. The van der Waals surface area contributed by atoms with Crippen LogP contribution < -0.4 is 10.6 Å². The average molecular weight is 279 g/mol. The van der Waals surface area contributed by atoms with Gasteiger partial charge in [-0.15, -0.1) is 0 Å². The van der Waals surface area contributed by atoms with Gasteiger partial charge < -0.3 is 10.6 Å². The van der Waals surface area contributed by atoms with E-state index in [1.807, 2.05) is 18.2 Å². The quantitative estimate of drug-likeness (QED) is 0.668. The standard InChI is InChI=1S/C15H13N5O/c21-15(14-12-8-18-20-13(12)3-4-17-14)19-11-2-1-9-6-16-7-10(9)5-11/h1-5,8,16H,6-7H2,(H,18,20)(H,19,21). The largest absolute Gasteiger partial charge is 0.321 e. The Morgan fingerprint density at radius 1 is 1.19 bits per heavy atom. The van der Waals surface area contributed by atoms with E-state index in [1.165, 1.54) is 11.1 Å². The number of benzene rings is 1. The van der Waals surface area contributed by atoms with Crippen LogP contribution in [-0.4, -0.2) is 21.1 Å². The Morgan fingerprint density at radius 2 is 2.10 bits per heavy atom. The van der Waals surface area contributed by atoms with E-state index in [4.69, 9.17) is 0 Å². The SMILES string of the molecule is O=C(Nc1ccc2c(c1)CNC2)c1nccc2[nH]ncc12. The second-order valence-corrected chi connectivity index (χ2v) is 5.03. The molecule has 3 N–H and O–H groups in total. The molecule has 0 radical (unpaired) electrons. The molecule has 1 amide bonds. The van der Waals surface area contributed by atoms with Gasteiger partial charge in [-0.2, -0.15) is 5.10 Å². The van der Waals surface area contributed by atoms with Gasteiger partial charge in [0.05, 0.1) is 17.1 Å². The molecule has 0 spiro atoms. The van der Waals surface area contributed by atoms with Crippen molar-refractivity contribution in [3.63, 3.8) is 0 Å². The van der Waals surface area contributed by atoms with Gasteiger partial charge in [0.25, 0.3) is 5.91 Å². The zero-order valence-corrected chi connectivity index (χ0v) is 11.2. The van der Waals surface area contributed by atoms with Crippen molar-refractivity contribution >= 4 is 22.5 Å². The molecule has 1 aliphatic heterocycles. The molecule has 3 aromatic rings. The maximum absolute atomic E-state index is 12.4. The van der Waals surface area contributed by atoms with E-state index in [1.54, 1.807) is 18.5 Å². The molecule has 0 unspecified atom stereocenters. The number of hydrogen-bond acceptors (Lipinski definition) is 4. The van der Waals surface area contributed by atoms with Crippen LogP contribution in [0.25, 0.3) is 10.9 Å². The number of aromatic amines is 1. The van der Waals surface area contributed by atoms with Crippen LogP contribution in [0.15, 0.2) is 36.7 Å². The lowest BCUT2D eigenvalue weighted by Crippen LogP contribution is -2.14. The molecule has 0 saturated heterocycles. The first-order valence-corrected chi connectivity index (χ1v) is 6.73. The van der Waals surface area contributed by atoms with E-state index in [2.05, 4.69) is 25.8 Å². The highest BCUT2D eigenvalue weighted by Gasteiger charge is 2.15. The number of carbonyl (C=O) groups is 1. The Hall–Kier alpha value is -2.73. The van der Waals surface area contributed by atoms with Crippen LogP contribution in [0.3, 0.4) is 0 Å². The third-order valence-corrected chi connectivity index (χ3v) is 3.68. The molecule has 0 aliphatic carbocycles. The number of fused-ring (bicyclic) bond motifs is 2. The summed E-state index contributed by atoms with van der Waals surface area (Å²) in [5.41, 5.74) is 4.46. The zero-order chi connectivity index (χ0) is 14.2. The van der Waals surface area contributed by atoms with Gasteiger partial charge in [0.15, 0.2) is 0 Å². The first kappa shape index (κ1) is 12.0. The summed E-state index contributed by atoms with van der Waals surface area (Å²) in [6, 6.07) is 7.75. The van der Waals surface area contributed by atoms with Gasteiger partial charge in [-0.05, 0) is 29.3 Å². The van der Waals surface area contributed by atoms with E-state index in [9.17, 15) is 4.79 Å². The maximum Gasteiger partial charge on any atom is 0.275 e. The minimum Gasteiger partial charge on any atom is -0.321 e. The lowest BCUT2D eigenvalue weighted by molar-refractivity contribution is 0.102. The normalized spacial score (nSPS) is 13.3. The van der Waals surface area contributed by atoms with Crippen molar-refractivity contribution in [1.82, 2.24) is 20.5 Å². The number of nitrogens with one attached hydrogen (secondary N) is 3. The fourth-order valence-electron chi connectivity index (χ4n) is 2.61. The van der Waals surface area contributed by atoms with Crippen molar-refractivity contribution in [3.8, 4) is 0 Å². The molecule has 21 heavy (non-hydrogen) atoms. The number of rotatable bonds is 2.